The fraction of sp³-hybridized carbons (Fsp3) is 0.400. The summed E-state index contributed by atoms with van der Waals surface area (Å²) >= 11 is 0. The van der Waals surface area contributed by atoms with Crippen LogP contribution in [0.15, 0.2) is 47.1 Å². The van der Waals surface area contributed by atoms with Crippen LogP contribution in [-0.4, -0.2) is 61.4 Å². The Hall–Kier alpha value is -2.71. The minimum absolute atomic E-state index is 0.129. The van der Waals surface area contributed by atoms with Gasteiger partial charge in [-0.05, 0) is 36.9 Å². The Labute approximate surface area is 163 Å². The van der Waals surface area contributed by atoms with Crippen LogP contribution < -0.4 is 10.6 Å². The number of carbonyl (C=O) groups excluding carboxylic acids is 2. The number of hydrogen-bond acceptors (Lipinski definition) is 5. The first kappa shape index (κ1) is 20.0. The summed E-state index contributed by atoms with van der Waals surface area (Å²) in [6.45, 7) is 3.91. The fourth-order valence-electron chi connectivity index (χ4n) is 3.21. The quantitative estimate of drug-likeness (QED) is 0.726. The zero-order chi connectivity index (χ0) is 19.9. The van der Waals surface area contributed by atoms with Crippen LogP contribution in [0.4, 0.5) is 4.39 Å². The average Bonchev–Trinajstić information content (AvgIpc) is 3.22. The largest absolute Gasteiger partial charge is 0.467 e. The number of halogens is 1. The van der Waals surface area contributed by atoms with Crippen molar-refractivity contribution in [2.24, 2.45) is 0 Å². The molecule has 2 N–H and O–H groups in total. The highest BCUT2D eigenvalue weighted by atomic mass is 19.1. The van der Waals surface area contributed by atoms with Gasteiger partial charge in [0.05, 0.1) is 18.8 Å². The SMILES string of the molecule is CN1CCN(C(CNC(=O)C(=O)NCc2ccco2)c2ccc(F)cc2)CC1. The molecular weight excluding hydrogens is 363 g/mol. The van der Waals surface area contributed by atoms with E-state index in [0.29, 0.717) is 5.76 Å². The molecule has 0 saturated carbocycles. The van der Waals surface area contributed by atoms with Crippen molar-refractivity contribution in [2.75, 3.05) is 39.8 Å². The van der Waals surface area contributed by atoms with Crippen molar-refractivity contribution < 1.29 is 18.4 Å². The highest BCUT2D eigenvalue weighted by Gasteiger charge is 2.25. The van der Waals surface area contributed by atoms with Crippen LogP contribution in [0.3, 0.4) is 0 Å². The molecule has 1 atom stereocenters. The summed E-state index contributed by atoms with van der Waals surface area (Å²) in [5, 5.41) is 5.23. The Morgan fingerprint density at radius 2 is 1.75 bits per heavy atom. The van der Waals surface area contributed by atoms with E-state index in [1.165, 1.54) is 18.4 Å². The molecular formula is C20H25FN4O3. The number of carbonyl (C=O) groups is 2. The summed E-state index contributed by atoms with van der Waals surface area (Å²) in [6, 6.07) is 9.58. The van der Waals surface area contributed by atoms with E-state index in [0.717, 1.165) is 31.7 Å². The van der Waals surface area contributed by atoms with E-state index in [1.54, 1.807) is 24.3 Å². The molecule has 2 aromatic rings. The molecule has 1 aliphatic rings. The van der Waals surface area contributed by atoms with Crippen molar-refractivity contribution in [3.63, 3.8) is 0 Å². The maximum Gasteiger partial charge on any atom is 0.309 e. The first-order valence-corrected chi connectivity index (χ1v) is 9.29. The van der Waals surface area contributed by atoms with Gasteiger partial charge < -0.3 is 20.0 Å². The molecule has 0 spiro atoms. The number of furan rings is 1. The van der Waals surface area contributed by atoms with Gasteiger partial charge >= 0.3 is 11.8 Å². The van der Waals surface area contributed by atoms with Gasteiger partial charge in [-0.2, -0.15) is 0 Å². The third-order valence-electron chi connectivity index (χ3n) is 4.90. The molecule has 1 unspecified atom stereocenters. The Balaban J connectivity index is 1.59. The second-order valence-corrected chi connectivity index (χ2v) is 6.88. The summed E-state index contributed by atoms with van der Waals surface area (Å²) in [5.41, 5.74) is 0.905. The molecule has 0 aliphatic carbocycles. The molecule has 1 saturated heterocycles. The molecule has 1 aliphatic heterocycles. The number of amides is 2. The van der Waals surface area contributed by atoms with Crippen LogP contribution in [0.5, 0.6) is 0 Å². The van der Waals surface area contributed by atoms with Crippen LogP contribution in [-0.2, 0) is 16.1 Å². The van der Waals surface area contributed by atoms with Crippen molar-refractivity contribution in [1.82, 2.24) is 20.4 Å². The summed E-state index contributed by atoms with van der Waals surface area (Å²) in [4.78, 5) is 28.7. The molecule has 1 aromatic carbocycles. The summed E-state index contributed by atoms with van der Waals surface area (Å²) in [6.07, 6.45) is 1.50. The van der Waals surface area contributed by atoms with E-state index in [1.807, 2.05) is 0 Å². The van der Waals surface area contributed by atoms with Crippen LogP contribution in [0.25, 0.3) is 0 Å². The van der Waals surface area contributed by atoms with Crippen LogP contribution >= 0.6 is 0 Å². The number of nitrogens with one attached hydrogen (secondary N) is 2. The Kier molecular flexibility index (Phi) is 6.78. The van der Waals surface area contributed by atoms with Crippen LogP contribution in [0.2, 0.25) is 0 Å². The van der Waals surface area contributed by atoms with Gasteiger partial charge in [0.2, 0.25) is 0 Å². The predicted molar refractivity (Wildman–Crippen MR) is 102 cm³/mol. The summed E-state index contributed by atoms with van der Waals surface area (Å²) < 4.78 is 18.4. The lowest BCUT2D eigenvalue weighted by Gasteiger charge is -2.38. The Morgan fingerprint density at radius 1 is 1.07 bits per heavy atom. The molecule has 1 aromatic heterocycles. The molecule has 8 heteroatoms. The minimum Gasteiger partial charge on any atom is -0.467 e. The number of rotatable bonds is 6. The van der Waals surface area contributed by atoms with Crippen molar-refractivity contribution in [1.29, 1.82) is 0 Å². The fourth-order valence-corrected chi connectivity index (χ4v) is 3.21. The van der Waals surface area contributed by atoms with Gasteiger partial charge in [-0.25, -0.2) is 4.39 Å². The van der Waals surface area contributed by atoms with Crippen molar-refractivity contribution in [2.45, 2.75) is 12.6 Å². The standard InChI is InChI=1S/C20H25FN4O3/c1-24-8-10-25(11-9-24)18(15-4-6-16(21)7-5-15)14-23-20(27)19(26)22-13-17-3-2-12-28-17/h2-7,12,18H,8-11,13-14H2,1H3,(H,22,26)(H,23,27). The van der Waals surface area contributed by atoms with Gasteiger partial charge in [-0.15, -0.1) is 0 Å². The number of hydrogen-bond donors (Lipinski definition) is 2. The van der Waals surface area contributed by atoms with Gasteiger partial charge in [0, 0.05) is 32.7 Å². The molecule has 150 valence electrons. The Bertz CT molecular complexity index is 771. The smallest absolute Gasteiger partial charge is 0.309 e. The zero-order valence-electron chi connectivity index (χ0n) is 15.9. The third-order valence-corrected chi connectivity index (χ3v) is 4.90. The number of piperazine rings is 1. The van der Waals surface area contributed by atoms with Gasteiger partial charge in [0.25, 0.3) is 0 Å². The monoisotopic (exact) mass is 388 g/mol. The highest BCUT2D eigenvalue weighted by molar-refractivity contribution is 6.35. The molecule has 2 heterocycles. The normalized spacial score (nSPS) is 16.5. The molecule has 3 rings (SSSR count). The summed E-state index contributed by atoms with van der Waals surface area (Å²) in [7, 11) is 2.06. The zero-order valence-corrected chi connectivity index (χ0v) is 15.9. The molecule has 28 heavy (non-hydrogen) atoms. The van der Waals surface area contributed by atoms with E-state index in [-0.39, 0.29) is 24.9 Å². The lowest BCUT2D eigenvalue weighted by Crippen LogP contribution is -2.49. The minimum atomic E-state index is -0.715. The third kappa shape index (κ3) is 5.40. The maximum absolute atomic E-state index is 13.3. The topological polar surface area (TPSA) is 77.8 Å². The van der Waals surface area contributed by atoms with Gasteiger partial charge in [0.15, 0.2) is 0 Å². The molecule has 1 fully saturated rings. The average molecular weight is 388 g/mol. The number of benzene rings is 1. The van der Waals surface area contributed by atoms with E-state index < -0.39 is 11.8 Å². The maximum atomic E-state index is 13.3. The first-order valence-electron chi connectivity index (χ1n) is 9.29. The van der Waals surface area contributed by atoms with Crippen molar-refractivity contribution in [3.05, 3.63) is 59.8 Å². The van der Waals surface area contributed by atoms with Gasteiger partial charge in [-0.1, -0.05) is 12.1 Å². The molecule has 0 bridgehead atoms. The van der Waals surface area contributed by atoms with E-state index >= 15 is 0 Å². The number of nitrogens with zero attached hydrogens (tertiary/aromatic N) is 2. The molecule has 0 radical (unpaired) electrons. The first-order chi connectivity index (χ1) is 13.5. The van der Waals surface area contributed by atoms with E-state index in [9.17, 15) is 14.0 Å². The highest BCUT2D eigenvalue weighted by Crippen LogP contribution is 2.22. The van der Waals surface area contributed by atoms with E-state index in [2.05, 4.69) is 27.5 Å². The lowest BCUT2D eigenvalue weighted by molar-refractivity contribution is -0.139. The number of likely N-dealkylation sites (N-methyl/N-ethyl adjacent to an activating group) is 1. The van der Waals surface area contributed by atoms with Crippen molar-refractivity contribution >= 4 is 11.8 Å². The van der Waals surface area contributed by atoms with Crippen LogP contribution in [0.1, 0.15) is 17.4 Å². The van der Waals surface area contributed by atoms with Crippen LogP contribution in [0, 0.1) is 5.82 Å². The Morgan fingerprint density at radius 3 is 2.39 bits per heavy atom. The van der Waals surface area contributed by atoms with Crippen molar-refractivity contribution in [3.8, 4) is 0 Å². The molecule has 7 nitrogen and oxygen atoms in total. The van der Waals surface area contributed by atoms with Gasteiger partial charge in [-0.3, -0.25) is 14.5 Å². The second kappa shape index (κ2) is 9.48. The second-order valence-electron chi connectivity index (χ2n) is 6.88. The summed E-state index contributed by atoms with van der Waals surface area (Å²) in [5.74, 6) is -1.15. The van der Waals surface area contributed by atoms with E-state index in [4.69, 9.17) is 4.42 Å². The predicted octanol–water partition coefficient (Wildman–Crippen LogP) is 1.14. The van der Waals surface area contributed by atoms with Gasteiger partial charge in [0.1, 0.15) is 11.6 Å². The lowest BCUT2D eigenvalue weighted by atomic mass is 10.0. The molecule has 2 amide bonds.